The molecule has 6 aromatic carbocycles. The third kappa shape index (κ3) is 10.5. The summed E-state index contributed by atoms with van der Waals surface area (Å²) >= 11 is 0. The number of fused-ring (bicyclic) bond motifs is 4. The van der Waals surface area contributed by atoms with Crippen molar-refractivity contribution in [1.29, 1.82) is 0 Å². The molecule has 71 heavy (non-hydrogen) atoms. The van der Waals surface area contributed by atoms with E-state index in [4.69, 9.17) is 14.4 Å². The van der Waals surface area contributed by atoms with Crippen LogP contribution in [0.25, 0.3) is 83.9 Å². The molecule has 0 saturated heterocycles. The van der Waals surface area contributed by atoms with E-state index in [0.29, 0.717) is 5.71 Å². The van der Waals surface area contributed by atoms with E-state index < -0.39 is 0 Å². The quantitative estimate of drug-likeness (QED) is 0.149. The second-order valence-corrected chi connectivity index (χ2v) is 22.3. The average molecular weight is 1110 g/mol. The van der Waals surface area contributed by atoms with Gasteiger partial charge in [-0.15, -0.1) is 54.1 Å². The number of nitrogens with zero attached hydrogens (tertiary/aromatic N) is 5. The largest absolute Gasteiger partial charge is 0.486 e. The standard InChI is InChI=1S/C50H50N3O.C14H15N2.Ir/c1-30(2)40-27-33(32-17-12-11-13-18-32)28-41(31(3)4)45(40)53-44-22-15-14-21-43(44)51-47(53)39-20-16-19-37-38-23-24-42(52-48(38)54-46(37)39)34-25-35(49(5,6)7)29-36(26-34)50(8,9)10;1-14(2,3)12-9-10-15-13(16-12)11-7-5-4-6-8-11;/h11-19,21-31H,1-10H3;4-7,9-10H,1-3H3;/q2*-1;. The number of hydrogen-bond donors (Lipinski definition) is 0. The van der Waals surface area contributed by atoms with Gasteiger partial charge in [-0.1, -0.05) is 149 Å². The number of hydrogen-bond acceptors (Lipinski definition) is 5. The number of imidazole rings is 1. The van der Waals surface area contributed by atoms with Gasteiger partial charge in [-0.3, -0.25) is 15.0 Å². The normalized spacial score (nSPS) is 12.2. The van der Waals surface area contributed by atoms with Crippen LogP contribution in [-0.4, -0.2) is 24.5 Å². The summed E-state index contributed by atoms with van der Waals surface area (Å²) in [6.07, 6.45) is 1.81. The first-order valence-electron chi connectivity index (χ1n) is 24.7. The predicted octanol–water partition coefficient (Wildman–Crippen LogP) is 17.2. The van der Waals surface area contributed by atoms with Crippen molar-refractivity contribution >= 4 is 33.1 Å². The van der Waals surface area contributed by atoms with E-state index in [2.05, 4.69) is 220 Å². The molecule has 363 valence electrons. The smallest absolute Gasteiger partial charge is 0.216 e. The molecule has 6 nitrogen and oxygen atoms in total. The zero-order valence-corrected chi connectivity index (χ0v) is 45.9. The van der Waals surface area contributed by atoms with Crippen LogP contribution in [0, 0.1) is 12.1 Å². The van der Waals surface area contributed by atoms with E-state index in [0.717, 1.165) is 67.1 Å². The third-order valence-electron chi connectivity index (χ3n) is 13.2. The van der Waals surface area contributed by atoms with Gasteiger partial charge in [0.05, 0.1) is 34.0 Å². The zero-order valence-electron chi connectivity index (χ0n) is 43.5. The van der Waals surface area contributed by atoms with Gasteiger partial charge in [0.2, 0.25) is 5.71 Å². The molecule has 0 aliphatic heterocycles. The molecule has 0 amide bonds. The van der Waals surface area contributed by atoms with Crippen molar-refractivity contribution in [1.82, 2.24) is 24.5 Å². The van der Waals surface area contributed by atoms with Gasteiger partial charge < -0.3 is 8.98 Å². The Labute approximate surface area is 434 Å². The van der Waals surface area contributed by atoms with E-state index in [1.54, 1.807) is 0 Å². The summed E-state index contributed by atoms with van der Waals surface area (Å²) in [5, 5.41) is 1.98. The van der Waals surface area contributed by atoms with Crippen molar-refractivity contribution in [2.75, 3.05) is 0 Å². The minimum absolute atomic E-state index is 0. The molecule has 0 aliphatic carbocycles. The van der Waals surface area contributed by atoms with E-state index in [9.17, 15) is 0 Å². The molecule has 0 unspecified atom stereocenters. The van der Waals surface area contributed by atoms with Crippen LogP contribution in [0.15, 0.2) is 150 Å². The predicted molar refractivity (Wildman–Crippen MR) is 292 cm³/mol. The van der Waals surface area contributed by atoms with Crippen molar-refractivity contribution in [3.8, 4) is 50.8 Å². The Balaban J connectivity index is 0.000000338. The maximum atomic E-state index is 6.82. The Bertz CT molecular complexity index is 3430. The molecule has 10 rings (SSSR count). The van der Waals surface area contributed by atoms with Gasteiger partial charge in [0.15, 0.2) is 0 Å². The molecule has 0 N–H and O–H groups in total. The first-order valence-corrected chi connectivity index (χ1v) is 24.7. The van der Waals surface area contributed by atoms with Crippen molar-refractivity contribution in [2.45, 2.75) is 118 Å². The summed E-state index contributed by atoms with van der Waals surface area (Å²) in [7, 11) is 0. The Morgan fingerprint density at radius 2 is 1.20 bits per heavy atom. The Morgan fingerprint density at radius 3 is 1.82 bits per heavy atom. The molecule has 0 bridgehead atoms. The average Bonchev–Trinajstić information content (AvgIpc) is 3.92. The van der Waals surface area contributed by atoms with Crippen LogP contribution in [-0.2, 0) is 36.4 Å². The number of para-hydroxylation sites is 2. The number of rotatable bonds is 7. The molecule has 7 heteroatoms. The molecule has 0 saturated carbocycles. The second-order valence-electron chi connectivity index (χ2n) is 22.3. The van der Waals surface area contributed by atoms with Crippen LogP contribution in [0.1, 0.15) is 130 Å². The molecule has 0 spiro atoms. The number of furan rings is 1. The number of aromatic nitrogens is 5. The minimum Gasteiger partial charge on any atom is -0.486 e. The summed E-state index contributed by atoms with van der Waals surface area (Å²) in [5.74, 6) is 2.08. The van der Waals surface area contributed by atoms with Crippen molar-refractivity contribution in [3.63, 3.8) is 0 Å². The summed E-state index contributed by atoms with van der Waals surface area (Å²) < 4.78 is 9.18. The Kier molecular flexibility index (Phi) is 14.3. The van der Waals surface area contributed by atoms with Crippen molar-refractivity contribution in [3.05, 3.63) is 186 Å². The van der Waals surface area contributed by atoms with Gasteiger partial charge in [-0.05, 0) is 111 Å². The van der Waals surface area contributed by atoms with Gasteiger partial charge in [0.25, 0.3) is 0 Å². The topological polar surface area (TPSA) is 69.6 Å². The maximum absolute atomic E-state index is 6.82. The van der Waals surface area contributed by atoms with E-state index >= 15 is 0 Å². The van der Waals surface area contributed by atoms with Crippen LogP contribution in [0.2, 0.25) is 0 Å². The fourth-order valence-corrected chi connectivity index (χ4v) is 9.07. The van der Waals surface area contributed by atoms with Gasteiger partial charge >= 0.3 is 0 Å². The van der Waals surface area contributed by atoms with Gasteiger partial charge in [0, 0.05) is 54.0 Å². The van der Waals surface area contributed by atoms with Crippen LogP contribution >= 0.6 is 0 Å². The van der Waals surface area contributed by atoms with Crippen molar-refractivity contribution < 1.29 is 24.5 Å². The van der Waals surface area contributed by atoms with Crippen molar-refractivity contribution in [2.24, 2.45) is 0 Å². The molecule has 4 aromatic heterocycles. The third-order valence-corrected chi connectivity index (χ3v) is 13.2. The van der Waals surface area contributed by atoms with E-state index in [1.807, 2.05) is 42.6 Å². The molecular formula is C64H65IrN5O-2. The second kappa shape index (κ2) is 19.9. The van der Waals surface area contributed by atoms with Gasteiger partial charge in [-0.2, -0.15) is 0 Å². The molecule has 0 aliphatic rings. The minimum atomic E-state index is 0. The van der Waals surface area contributed by atoms with Crippen LogP contribution in [0.3, 0.4) is 0 Å². The first-order chi connectivity index (χ1) is 33.3. The fraction of sp³-hybridized carbons (Fsp3) is 0.281. The van der Waals surface area contributed by atoms with Gasteiger partial charge in [-0.25, -0.2) is 4.98 Å². The number of pyridine rings is 1. The van der Waals surface area contributed by atoms with Crippen LogP contribution < -0.4 is 0 Å². The SMILES string of the molecule is CC(C)(C)c1ccnc(-c2[c-]cccc2)n1.CC(C)c1cc(-c2ccccc2)cc(C(C)C)c1-n1c(-c2[c-]ccc3c2oc2nc(-c4cc(C(C)(C)C)cc(C(C)(C)C)c4)ccc23)nc2ccccc21.[Ir]. The Morgan fingerprint density at radius 1 is 0.549 bits per heavy atom. The number of benzene rings is 6. The monoisotopic (exact) mass is 1110 g/mol. The van der Waals surface area contributed by atoms with E-state index in [1.165, 1.54) is 39.1 Å². The fourth-order valence-electron chi connectivity index (χ4n) is 9.07. The summed E-state index contributed by atoms with van der Waals surface area (Å²) in [6, 6.07) is 55.6. The molecular weight excluding hydrogens is 1050 g/mol. The molecule has 0 fully saturated rings. The summed E-state index contributed by atoms with van der Waals surface area (Å²) in [5.41, 5.74) is 17.0. The zero-order chi connectivity index (χ0) is 49.7. The van der Waals surface area contributed by atoms with Crippen LogP contribution in [0.5, 0.6) is 0 Å². The molecule has 4 heterocycles. The van der Waals surface area contributed by atoms with Crippen LogP contribution in [0.4, 0.5) is 0 Å². The molecule has 10 aromatic rings. The van der Waals surface area contributed by atoms with E-state index in [-0.39, 0.29) is 48.2 Å². The summed E-state index contributed by atoms with van der Waals surface area (Å²) in [4.78, 5) is 19.4. The first kappa shape index (κ1) is 50.8. The van der Waals surface area contributed by atoms with Gasteiger partial charge in [0.1, 0.15) is 0 Å². The Hall–Kier alpha value is -6.53. The maximum Gasteiger partial charge on any atom is 0.216 e. The molecule has 1 radical (unpaired) electrons. The summed E-state index contributed by atoms with van der Waals surface area (Å²) in [6.45, 7) is 29.2. The molecule has 0 atom stereocenters.